The quantitative estimate of drug-likeness (QED) is 0.894. The van der Waals surface area contributed by atoms with Gasteiger partial charge in [0.25, 0.3) is 0 Å². The SMILES string of the molecule is NCCc1cncn1C1CCc2ccccc2C1. The van der Waals surface area contributed by atoms with Gasteiger partial charge in [0, 0.05) is 24.4 Å². The molecule has 0 aliphatic heterocycles. The summed E-state index contributed by atoms with van der Waals surface area (Å²) in [5, 5.41) is 0. The van der Waals surface area contributed by atoms with Crippen molar-refractivity contribution in [3.8, 4) is 0 Å². The van der Waals surface area contributed by atoms with Crippen molar-refractivity contribution in [3.05, 3.63) is 53.6 Å². The minimum atomic E-state index is 0.545. The summed E-state index contributed by atoms with van der Waals surface area (Å²) < 4.78 is 2.32. The van der Waals surface area contributed by atoms with Crippen LogP contribution in [0.4, 0.5) is 0 Å². The zero-order valence-corrected chi connectivity index (χ0v) is 10.5. The van der Waals surface area contributed by atoms with E-state index in [1.807, 2.05) is 12.5 Å². The molecule has 3 nitrogen and oxygen atoms in total. The van der Waals surface area contributed by atoms with Crippen molar-refractivity contribution >= 4 is 0 Å². The summed E-state index contributed by atoms with van der Waals surface area (Å²) in [4.78, 5) is 4.28. The largest absolute Gasteiger partial charge is 0.331 e. The van der Waals surface area contributed by atoms with E-state index in [1.165, 1.54) is 29.7 Å². The van der Waals surface area contributed by atoms with E-state index in [0.717, 1.165) is 12.8 Å². The number of benzene rings is 1. The smallest absolute Gasteiger partial charge is 0.0950 e. The maximum absolute atomic E-state index is 5.65. The number of nitrogens with two attached hydrogens (primary N) is 1. The lowest BCUT2D eigenvalue weighted by molar-refractivity contribution is 0.431. The Hall–Kier alpha value is -1.61. The Kier molecular flexibility index (Phi) is 3.15. The van der Waals surface area contributed by atoms with Gasteiger partial charge in [-0.25, -0.2) is 4.98 Å². The van der Waals surface area contributed by atoms with Gasteiger partial charge in [0.05, 0.1) is 6.33 Å². The van der Waals surface area contributed by atoms with Crippen molar-refractivity contribution in [3.63, 3.8) is 0 Å². The van der Waals surface area contributed by atoms with Gasteiger partial charge in [0.2, 0.25) is 0 Å². The van der Waals surface area contributed by atoms with Gasteiger partial charge in [0.15, 0.2) is 0 Å². The molecule has 0 spiro atoms. The second-order valence-corrected chi connectivity index (χ2v) is 5.00. The molecule has 0 saturated heterocycles. The van der Waals surface area contributed by atoms with Crippen molar-refractivity contribution in [2.24, 2.45) is 5.73 Å². The number of hydrogen-bond donors (Lipinski definition) is 1. The Morgan fingerprint density at radius 1 is 1.28 bits per heavy atom. The maximum Gasteiger partial charge on any atom is 0.0950 e. The zero-order valence-electron chi connectivity index (χ0n) is 10.5. The highest BCUT2D eigenvalue weighted by atomic mass is 15.1. The topological polar surface area (TPSA) is 43.8 Å². The van der Waals surface area contributed by atoms with E-state index in [1.54, 1.807) is 0 Å². The lowest BCUT2D eigenvalue weighted by atomic mass is 9.88. The number of imidazole rings is 1. The van der Waals surface area contributed by atoms with Crippen LogP contribution >= 0.6 is 0 Å². The normalized spacial score (nSPS) is 18.6. The number of fused-ring (bicyclic) bond motifs is 1. The molecule has 18 heavy (non-hydrogen) atoms. The third-order valence-corrected chi connectivity index (χ3v) is 3.86. The average molecular weight is 241 g/mol. The van der Waals surface area contributed by atoms with Crippen molar-refractivity contribution in [1.29, 1.82) is 0 Å². The molecule has 1 aliphatic carbocycles. The fourth-order valence-corrected chi connectivity index (χ4v) is 2.92. The predicted octanol–water partition coefficient (Wildman–Crippen LogP) is 2.11. The molecule has 0 bridgehead atoms. The maximum atomic E-state index is 5.65. The first kappa shape index (κ1) is 11.5. The highest BCUT2D eigenvalue weighted by Crippen LogP contribution is 2.29. The molecule has 0 amide bonds. The van der Waals surface area contributed by atoms with E-state index < -0.39 is 0 Å². The predicted molar refractivity (Wildman–Crippen MR) is 72.5 cm³/mol. The van der Waals surface area contributed by atoms with Crippen LogP contribution in [0.15, 0.2) is 36.8 Å². The first-order valence-corrected chi connectivity index (χ1v) is 6.66. The number of hydrogen-bond acceptors (Lipinski definition) is 2. The Morgan fingerprint density at radius 3 is 2.94 bits per heavy atom. The first-order valence-electron chi connectivity index (χ1n) is 6.66. The molecular formula is C15H19N3. The lowest BCUT2D eigenvalue weighted by Crippen LogP contribution is -2.20. The van der Waals surface area contributed by atoms with Crippen LogP contribution in [0.1, 0.15) is 29.3 Å². The number of aromatic nitrogens is 2. The van der Waals surface area contributed by atoms with Gasteiger partial charge in [-0.15, -0.1) is 0 Å². The molecule has 1 aromatic heterocycles. The number of nitrogens with zero attached hydrogens (tertiary/aromatic N) is 2. The lowest BCUT2D eigenvalue weighted by Gasteiger charge is -2.27. The number of rotatable bonds is 3. The van der Waals surface area contributed by atoms with Crippen molar-refractivity contribution in [1.82, 2.24) is 9.55 Å². The van der Waals surface area contributed by atoms with E-state index >= 15 is 0 Å². The van der Waals surface area contributed by atoms with Gasteiger partial charge in [0.1, 0.15) is 0 Å². The summed E-state index contributed by atoms with van der Waals surface area (Å²) in [6, 6.07) is 9.32. The molecule has 1 atom stereocenters. The fourth-order valence-electron chi connectivity index (χ4n) is 2.92. The molecule has 0 saturated carbocycles. The molecule has 1 heterocycles. The Labute approximate surface area is 108 Å². The van der Waals surface area contributed by atoms with E-state index in [0.29, 0.717) is 12.6 Å². The van der Waals surface area contributed by atoms with E-state index in [2.05, 4.69) is 33.8 Å². The van der Waals surface area contributed by atoms with Gasteiger partial charge in [-0.05, 0) is 36.9 Å². The number of aryl methyl sites for hydroxylation is 1. The van der Waals surface area contributed by atoms with E-state index in [4.69, 9.17) is 5.73 Å². The van der Waals surface area contributed by atoms with Crippen molar-refractivity contribution in [2.75, 3.05) is 6.54 Å². The van der Waals surface area contributed by atoms with E-state index in [9.17, 15) is 0 Å². The van der Waals surface area contributed by atoms with Gasteiger partial charge in [-0.1, -0.05) is 24.3 Å². The second-order valence-electron chi connectivity index (χ2n) is 5.00. The van der Waals surface area contributed by atoms with Crippen LogP contribution in [0.5, 0.6) is 0 Å². The molecule has 94 valence electrons. The Morgan fingerprint density at radius 2 is 2.11 bits per heavy atom. The first-order chi connectivity index (χ1) is 8.88. The molecule has 3 heteroatoms. The molecule has 3 rings (SSSR count). The highest BCUT2D eigenvalue weighted by molar-refractivity contribution is 5.30. The van der Waals surface area contributed by atoms with Gasteiger partial charge >= 0.3 is 0 Å². The third-order valence-electron chi connectivity index (χ3n) is 3.86. The zero-order chi connectivity index (χ0) is 12.4. The fraction of sp³-hybridized carbons (Fsp3) is 0.400. The van der Waals surface area contributed by atoms with Gasteiger partial charge in [-0.3, -0.25) is 0 Å². The Balaban J connectivity index is 1.85. The van der Waals surface area contributed by atoms with Crippen molar-refractivity contribution < 1.29 is 0 Å². The third kappa shape index (κ3) is 2.06. The van der Waals surface area contributed by atoms with E-state index in [-0.39, 0.29) is 0 Å². The van der Waals surface area contributed by atoms with Gasteiger partial charge < -0.3 is 10.3 Å². The van der Waals surface area contributed by atoms with Crippen molar-refractivity contribution in [2.45, 2.75) is 31.7 Å². The second kappa shape index (κ2) is 4.94. The molecule has 1 aromatic carbocycles. The molecule has 1 aliphatic rings. The summed E-state index contributed by atoms with van der Waals surface area (Å²) >= 11 is 0. The molecule has 2 N–H and O–H groups in total. The molecule has 0 fully saturated rings. The molecule has 1 unspecified atom stereocenters. The van der Waals surface area contributed by atoms with Crippen LogP contribution in [0.25, 0.3) is 0 Å². The van der Waals surface area contributed by atoms with Crippen LogP contribution < -0.4 is 5.73 Å². The summed E-state index contributed by atoms with van der Waals surface area (Å²) in [6.07, 6.45) is 8.31. The summed E-state index contributed by atoms with van der Waals surface area (Å²) in [7, 11) is 0. The highest BCUT2D eigenvalue weighted by Gasteiger charge is 2.20. The minimum Gasteiger partial charge on any atom is -0.331 e. The standard InChI is InChI=1S/C15H19N3/c16-8-7-15-10-17-11-18(15)14-6-5-12-3-1-2-4-13(12)9-14/h1-4,10-11,14H,5-9,16H2. The average Bonchev–Trinajstić information content (AvgIpc) is 2.87. The summed E-state index contributed by atoms with van der Waals surface area (Å²) in [5.74, 6) is 0. The van der Waals surface area contributed by atoms with Crippen LogP contribution in [0, 0.1) is 0 Å². The molecule has 2 aromatic rings. The monoisotopic (exact) mass is 241 g/mol. The van der Waals surface area contributed by atoms with Crippen LogP contribution in [-0.4, -0.2) is 16.1 Å². The summed E-state index contributed by atoms with van der Waals surface area (Å²) in [6.45, 7) is 0.689. The molecular weight excluding hydrogens is 222 g/mol. The minimum absolute atomic E-state index is 0.545. The Bertz CT molecular complexity index is 530. The van der Waals surface area contributed by atoms with Crippen LogP contribution in [-0.2, 0) is 19.3 Å². The van der Waals surface area contributed by atoms with Crippen LogP contribution in [0.2, 0.25) is 0 Å². The van der Waals surface area contributed by atoms with Crippen LogP contribution in [0.3, 0.4) is 0 Å². The van der Waals surface area contributed by atoms with Gasteiger partial charge in [-0.2, -0.15) is 0 Å². The molecule has 0 radical (unpaired) electrons. The summed E-state index contributed by atoms with van der Waals surface area (Å²) in [5.41, 5.74) is 9.91.